The Labute approximate surface area is 125 Å². The van der Waals surface area contributed by atoms with Gasteiger partial charge in [-0.25, -0.2) is 4.79 Å². The van der Waals surface area contributed by atoms with Gasteiger partial charge < -0.3 is 19.9 Å². The largest absolute Gasteiger partial charge is 0.493 e. The van der Waals surface area contributed by atoms with E-state index < -0.39 is 24.5 Å². The lowest BCUT2D eigenvalue weighted by molar-refractivity contribution is -0.146. The zero-order valence-electron chi connectivity index (χ0n) is 11.0. The van der Waals surface area contributed by atoms with Gasteiger partial charge in [0.2, 0.25) is 5.91 Å². The third-order valence-electron chi connectivity index (χ3n) is 2.41. The van der Waals surface area contributed by atoms with Crippen LogP contribution in [0.25, 0.3) is 0 Å². The van der Waals surface area contributed by atoms with Crippen LogP contribution in [0.4, 0.5) is 0 Å². The van der Waals surface area contributed by atoms with Crippen molar-refractivity contribution in [3.8, 4) is 5.75 Å². The summed E-state index contributed by atoms with van der Waals surface area (Å²) in [7, 11) is 1.19. The highest BCUT2D eigenvalue weighted by atomic mass is 79.9. The molecule has 110 valence electrons. The third kappa shape index (κ3) is 5.58. The molecule has 1 amide bonds. The molecular formula is C13H16BrNO5. The number of hydrogen-bond donors (Lipinski definition) is 2. The zero-order chi connectivity index (χ0) is 15.0. The van der Waals surface area contributed by atoms with Gasteiger partial charge in [0.1, 0.15) is 5.75 Å². The number of ether oxygens (including phenoxy) is 2. The molecule has 1 rings (SSSR count). The molecule has 0 aromatic heterocycles. The first-order chi connectivity index (χ1) is 9.56. The van der Waals surface area contributed by atoms with Crippen LogP contribution in [0.1, 0.15) is 6.42 Å². The van der Waals surface area contributed by atoms with E-state index in [2.05, 4.69) is 26.0 Å². The number of nitrogens with one attached hydrogen (secondary N) is 1. The van der Waals surface area contributed by atoms with Crippen molar-refractivity contribution in [2.75, 3.05) is 20.3 Å². The van der Waals surface area contributed by atoms with Gasteiger partial charge in [-0.15, -0.1) is 0 Å². The van der Waals surface area contributed by atoms with E-state index in [0.717, 1.165) is 4.47 Å². The number of carbonyl (C=O) groups is 2. The number of halogens is 1. The van der Waals surface area contributed by atoms with E-state index in [0.29, 0.717) is 5.75 Å². The van der Waals surface area contributed by atoms with E-state index in [4.69, 9.17) is 9.84 Å². The number of esters is 1. The summed E-state index contributed by atoms with van der Waals surface area (Å²) in [5, 5.41) is 11.3. The fourth-order valence-corrected chi connectivity index (χ4v) is 1.64. The zero-order valence-corrected chi connectivity index (χ0v) is 12.6. The molecule has 1 unspecified atom stereocenters. The minimum atomic E-state index is -1.04. The van der Waals surface area contributed by atoms with Gasteiger partial charge in [0.25, 0.3) is 0 Å². The van der Waals surface area contributed by atoms with Crippen LogP contribution in [0.15, 0.2) is 28.7 Å². The fraction of sp³-hybridized carbons (Fsp3) is 0.385. The Morgan fingerprint density at radius 2 is 2.00 bits per heavy atom. The first kappa shape index (κ1) is 16.5. The summed E-state index contributed by atoms with van der Waals surface area (Å²) in [4.78, 5) is 22.7. The number of amides is 1. The van der Waals surface area contributed by atoms with Gasteiger partial charge in [-0.3, -0.25) is 4.79 Å². The Balaban J connectivity index is 2.32. The lowest BCUT2D eigenvalue weighted by Gasteiger charge is -2.13. The first-order valence-corrected chi connectivity index (χ1v) is 6.72. The van der Waals surface area contributed by atoms with Gasteiger partial charge in [-0.1, -0.05) is 15.9 Å². The van der Waals surface area contributed by atoms with E-state index in [1.165, 1.54) is 7.11 Å². The number of benzene rings is 1. The van der Waals surface area contributed by atoms with E-state index >= 15 is 0 Å². The van der Waals surface area contributed by atoms with Crippen molar-refractivity contribution in [3.05, 3.63) is 28.7 Å². The molecule has 20 heavy (non-hydrogen) atoms. The number of carbonyl (C=O) groups excluding carboxylic acids is 2. The molecule has 0 radical (unpaired) electrons. The quantitative estimate of drug-likeness (QED) is 0.716. The van der Waals surface area contributed by atoms with Crippen LogP contribution in [-0.4, -0.2) is 43.3 Å². The summed E-state index contributed by atoms with van der Waals surface area (Å²) >= 11 is 3.31. The van der Waals surface area contributed by atoms with E-state index in [-0.39, 0.29) is 13.0 Å². The summed E-state index contributed by atoms with van der Waals surface area (Å²) in [5.74, 6) is -0.436. The summed E-state index contributed by atoms with van der Waals surface area (Å²) in [6, 6.07) is 6.16. The van der Waals surface area contributed by atoms with Crippen molar-refractivity contribution in [2.45, 2.75) is 12.5 Å². The predicted octanol–water partition coefficient (Wildman–Crippen LogP) is 0.868. The highest BCUT2D eigenvalue weighted by Gasteiger charge is 2.20. The molecule has 0 spiro atoms. The second kappa shape index (κ2) is 8.55. The lowest BCUT2D eigenvalue weighted by atomic mass is 10.3. The van der Waals surface area contributed by atoms with Gasteiger partial charge in [-0.2, -0.15) is 0 Å². The summed E-state index contributed by atoms with van der Waals surface area (Å²) in [6.07, 6.45) is 0.0730. The standard InChI is InChI=1S/C13H16BrNO5/c1-19-13(18)11(8-16)15-12(17)6-7-20-10-4-2-9(14)3-5-10/h2-5,11,16H,6-8H2,1H3,(H,15,17). The SMILES string of the molecule is COC(=O)C(CO)NC(=O)CCOc1ccc(Br)cc1. The van der Waals surface area contributed by atoms with Crippen molar-refractivity contribution in [1.82, 2.24) is 5.32 Å². The number of hydrogen-bond acceptors (Lipinski definition) is 5. The number of rotatable bonds is 7. The number of aliphatic hydroxyl groups excluding tert-OH is 1. The lowest BCUT2D eigenvalue weighted by Crippen LogP contribution is -2.44. The topological polar surface area (TPSA) is 84.9 Å². The van der Waals surface area contributed by atoms with Crippen LogP contribution in [0.2, 0.25) is 0 Å². The van der Waals surface area contributed by atoms with Crippen LogP contribution < -0.4 is 10.1 Å². The maximum atomic E-state index is 11.6. The Bertz CT molecular complexity index is 449. The summed E-state index contributed by atoms with van der Waals surface area (Å²) < 4.78 is 10.7. The molecule has 1 atom stereocenters. The van der Waals surface area contributed by atoms with Crippen LogP contribution in [-0.2, 0) is 14.3 Å². The van der Waals surface area contributed by atoms with Gasteiger partial charge in [-0.05, 0) is 24.3 Å². The summed E-state index contributed by atoms with van der Waals surface area (Å²) in [5.41, 5.74) is 0. The van der Waals surface area contributed by atoms with Gasteiger partial charge >= 0.3 is 5.97 Å². The molecule has 1 aromatic carbocycles. The van der Waals surface area contributed by atoms with E-state index in [9.17, 15) is 9.59 Å². The van der Waals surface area contributed by atoms with Crippen molar-refractivity contribution in [2.24, 2.45) is 0 Å². The van der Waals surface area contributed by atoms with Gasteiger partial charge in [0, 0.05) is 4.47 Å². The molecule has 0 bridgehead atoms. The molecule has 0 aliphatic rings. The van der Waals surface area contributed by atoms with E-state index in [1.54, 1.807) is 12.1 Å². The average molecular weight is 346 g/mol. The molecule has 6 nitrogen and oxygen atoms in total. The molecule has 1 aromatic rings. The van der Waals surface area contributed by atoms with Crippen molar-refractivity contribution in [1.29, 1.82) is 0 Å². The van der Waals surface area contributed by atoms with E-state index in [1.807, 2.05) is 12.1 Å². The van der Waals surface area contributed by atoms with Crippen LogP contribution in [0.5, 0.6) is 5.75 Å². The third-order valence-corrected chi connectivity index (χ3v) is 2.94. The van der Waals surface area contributed by atoms with Gasteiger partial charge in [0.15, 0.2) is 6.04 Å². The number of methoxy groups -OCH3 is 1. The molecule has 2 N–H and O–H groups in total. The Morgan fingerprint density at radius 3 is 2.55 bits per heavy atom. The van der Waals surface area contributed by atoms with Crippen LogP contribution in [0, 0.1) is 0 Å². The molecule has 0 heterocycles. The molecule has 0 saturated heterocycles. The molecule has 7 heteroatoms. The van der Waals surface area contributed by atoms with Crippen LogP contribution in [0.3, 0.4) is 0 Å². The highest BCUT2D eigenvalue weighted by Crippen LogP contribution is 2.16. The van der Waals surface area contributed by atoms with Crippen molar-refractivity contribution < 1.29 is 24.2 Å². The monoisotopic (exact) mass is 345 g/mol. The second-order valence-corrected chi connectivity index (χ2v) is 4.79. The Kier molecular flexibility index (Phi) is 7.03. The molecule has 0 fully saturated rings. The average Bonchev–Trinajstić information content (AvgIpc) is 2.46. The minimum absolute atomic E-state index is 0.0730. The number of aliphatic hydroxyl groups is 1. The maximum absolute atomic E-state index is 11.6. The Morgan fingerprint density at radius 1 is 1.35 bits per heavy atom. The Hall–Kier alpha value is -1.60. The molecule has 0 saturated carbocycles. The molecule has 0 aliphatic heterocycles. The molecule has 0 aliphatic carbocycles. The van der Waals surface area contributed by atoms with Gasteiger partial charge in [0.05, 0.1) is 26.7 Å². The predicted molar refractivity (Wildman–Crippen MR) is 75.3 cm³/mol. The summed E-state index contributed by atoms with van der Waals surface area (Å²) in [6.45, 7) is -0.335. The second-order valence-electron chi connectivity index (χ2n) is 3.88. The molecular weight excluding hydrogens is 330 g/mol. The maximum Gasteiger partial charge on any atom is 0.330 e. The van der Waals surface area contributed by atoms with Crippen molar-refractivity contribution >= 4 is 27.8 Å². The van der Waals surface area contributed by atoms with Crippen LogP contribution >= 0.6 is 15.9 Å². The minimum Gasteiger partial charge on any atom is -0.493 e. The smallest absolute Gasteiger partial charge is 0.330 e. The fourth-order valence-electron chi connectivity index (χ4n) is 1.38. The highest BCUT2D eigenvalue weighted by molar-refractivity contribution is 9.10. The van der Waals surface area contributed by atoms with Crippen molar-refractivity contribution in [3.63, 3.8) is 0 Å². The normalized spacial score (nSPS) is 11.6. The first-order valence-electron chi connectivity index (χ1n) is 5.93.